The third kappa shape index (κ3) is 13.9. The number of hydrogen-bond acceptors (Lipinski definition) is 10. The van der Waals surface area contributed by atoms with E-state index in [-0.39, 0.29) is 43.5 Å². The molecule has 1 fully saturated rings. The lowest BCUT2D eigenvalue weighted by molar-refractivity contribution is -0.152. The molecule has 230 valence electrons. The lowest BCUT2D eigenvalue weighted by atomic mass is 9.98. The quantitative estimate of drug-likeness (QED) is 0.134. The summed E-state index contributed by atoms with van der Waals surface area (Å²) in [6.45, 7) is 5.53. The number of hydrogen-bond donors (Lipinski definition) is 1. The number of esters is 3. The van der Waals surface area contributed by atoms with Gasteiger partial charge in [-0.25, -0.2) is 4.79 Å². The number of ether oxygens (including phenoxy) is 5. The summed E-state index contributed by atoms with van der Waals surface area (Å²) >= 11 is 0. The van der Waals surface area contributed by atoms with Gasteiger partial charge in [0, 0.05) is 12.8 Å². The Bertz CT molecular complexity index is 974. The summed E-state index contributed by atoms with van der Waals surface area (Å²) in [5.41, 5.74) is 6.69. The summed E-state index contributed by atoms with van der Waals surface area (Å²) in [6, 6.07) is 3.72. The smallest absolute Gasteiger partial charge is 0.458 e. The predicted molar refractivity (Wildman–Crippen MR) is 153 cm³/mol. The highest BCUT2D eigenvalue weighted by atomic mass is 16.7. The first-order valence-electron chi connectivity index (χ1n) is 15.1. The first-order chi connectivity index (χ1) is 19.7. The van der Waals surface area contributed by atoms with E-state index in [9.17, 15) is 19.2 Å². The minimum atomic E-state index is -1.03. The Morgan fingerprint density at radius 2 is 1.49 bits per heavy atom. The van der Waals surface area contributed by atoms with Crippen LogP contribution in [0.5, 0.6) is 11.5 Å². The molecule has 0 bridgehead atoms. The monoisotopic (exact) mass is 577 g/mol. The van der Waals surface area contributed by atoms with Gasteiger partial charge in [-0.3, -0.25) is 14.4 Å². The van der Waals surface area contributed by atoms with Crippen LogP contribution in [-0.4, -0.2) is 48.9 Å². The Balaban J connectivity index is 1.93. The maximum Gasteiger partial charge on any atom is 0.508 e. The van der Waals surface area contributed by atoms with E-state index in [2.05, 4.69) is 0 Å². The second-order valence-corrected chi connectivity index (χ2v) is 10.6. The molecule has 10 heteroatoms. The van der Waals surface area contributed by atoms with Crippen molar-refractivity contribution in [1.82, 2.24) is 0 Å². The molecule has 0 aromatic heterocycles. The highest BCUT2D eigenvalue weighted by Crippen LogP contribution is 2.30. The zero-order valence-corrected chi connectivity index (χ0v) is 24.8. The third-order valence-electron chi connectivity index (χ3n) is 6.75. The van der Waals surface area contributed by atoms with Gasteiger partial charge >= 0.3 is 24.1 Å². The molecule has 0 saturated heterocycles. The van der Waals surface area contributed by atoms with E-state index >= 15 is 0 Å². The molecule has 41 heavy (non-hydrogen) atoms. The molecule has 0 radical (unpaired) electrons. The van der Waals surface area contributed by atoms with E-state index in [0.717, 1.165) is 57.8 Å². The van der Waals surface area contributed by atoms with Crippen LogP contribution in [0.15, 0.2) is 18.2 Å². The molecule has 10 nitrogen and oxygen atoms in total. The normalized spacial score (nSPS) is 14.9. The zero-order chi connectivity index (χ0) is 30.0. The number of carbonyl (C=O) groups excluding carboxylic acids is 4. The van der Waals surface area contributed by atoms with Crippen LogP contribution in [0.1, 0.15) is 110 Å². The Hall–Kier alpha value is -3.14. The lowest BCUT2D eigenvalue weighted by Gasteiger charge is -2.22. The number of nitrogens with two attached hydrogens (primary N) is 1. The van der Waals surface area contributed by atoms with E-state index < -0.39 is 36.2 Å². The van der Waals surface area contributed by atoms with Crippen LogP contribution >= 0.6 is 0 Å². The predicted octanol–water partition coefficient (Wildman–Crippen LogP) is 5.95. The second kappa shape index (κ2) is 19.1. The molecule has 1 aliphatic carbocycles. The summed E-state index contributed by atoms with van der Waals surface area (Å²) < 4.78 is 26.8. The van der Waals surface area contributed by atoms with Crippen molar-refractivity contribution in [2.45, 2.75) is 129 Å². The topological polar surface area (TPSA) is 140 Å². The average molecular weight is 578 g/mol. The van der Waals surface area contributed by atoms with Gasteiger partial charge in [0.2, 0.25) is 0 Å². The van der Waals surface area contributed by atoms with E-state index in [1.807, 2.05) is 13.8 Å². The van der Waals surface area contributed by atoms with Crippen molar-refractivity contribution in [1.29, 1.82) is 0 Å². The minimum absolute atomic E-state index is 0.0846. The Morgan fingerprint density at radius 3 is 2.10 bits per heavy atom. The van der Waals surface area contributed by atoms with Gasteiger partial charge < -0.3 is 29.4 Å². The molecule has 0 spiro atoms. The molecular formula is C31H47NO9. The van der Waals surface area contributed by atoms with Crippen LogP contribution < -0.4 is 15.2 Å². The van der Waals surface area contributed by atoms with E-state index in [4.69, 9.17) is 29.4 Å². The molecule has 1 aromatic rings. The van der Waals surface area contributed by atoms with Gasteiger partial charge in [-0.1, -0.05) is 52.0 Å². The summed E-state index contributed by atoms with van der Waals surface area (Å²) in [7, 11) is 0. The van der Waals surface area contributed by atoms with Crippen LogP contribution in [-0.2, 0) is 35.0 Å². The molecule has 1 aromatic carbocycles. The zero-order valence-electron chi connectivity index (χ0n) is 24.8. The first kappa shape index (κ1) is 34.1. The summed E-state index contributed by atoms with van der Waals surface area (Å²) in [5.74, 6) is -1.27. The van der Waals surface area contributed by atoms with Crippen LogP contribution in [0, 0.1) is 0 Å². The third-order valence-corrected chi connectivity index (χ3v) is 6.75. The lowest BCUT2D eigenvalue weighted by Crippen LogP contribution is -2.37. The van der Waals surface area contributed by atoms with Crippen LogP contribution in [0.2, 0.25) is 0 Å². The molecule has 0 aliphatic heterocycles. The first-order valence-corrected chi connectivity index (χ1v) is 15.1. The number of carbonyl (C=O) groups is 4. The summed E-state index contributed by atoms with van der Waals surface area (Å²) in [4.78, 5) is 49.3. The van der Waals surface area contributed by atoms with Gasteiger partial charge in [-0.05, 0) is 69.6 Å². The maximum absolute atomic E-state index is 12.6. The largest absolute Gasteiger partial charge is 0.508 e. The number of rotatable bonds is 17. The van der Waals surface area contributed by atoms with Crippen molar-refractivity contribution in [3.63, 3.8) is 0 Å². The second-order valence-electron chi connectivity index (χ2n) is 10.6. The van der Waals surface area contributed by atoms with Gasteiger partial charge in [-0.2, -0.15) is 0 Å². The van der Waals surface area contributed by atoms with Crippen LogP contribution in [0.25, 0.3) is 0 Å². The highest BCUT2D eigenvalue weighted by Gasteiger charge is 2.23. The number of benzene rings is 1. The van der Waals surface area contributed by atoms with Gasteiger partial charge in [-0.15, -0.1) is 0 Å². The fourth-order valence-corrected chi connectivity index (χ4v) is 4.42. The number of unbranched alkanes of at least 4 members (excludes halogenated alkanes) is 4. The molecule has 1 aliphatic rings. The minimum Gasteiger partial charge on any atom is -0.458 e. The molecular weight excluding hydrogens is 530 g/mol. The van der Waals surface area contributed by atoms with Crippen molar-refractivity contribution >= 4 is 24.1 Å². The van der Waals surface area contributed by atoms with Gasteiger partial charge in [0.05, 0.1) is 0 Å². The Labute approximate surface area is 243 Å². The van der Waals surface area contributed by atoms with Crippen LogP contribution in [0.3, 0.4) is 0 Å². The molecule has 2 rings (SSSR count). The molecule has 0 heterocycles. The van der Waals surface area contributed by atoms with E-state index in [1.165, 1.54) is 6.07 Å². The summed E-state index contributed by atoms with van der Waals surface area (Å²) in [6.07, 6.45) is 8.98. The fourth-order valence-electron chi connectivity index (χ4n) is 4.42. The van der Waals surface area contributed by atoms with Gasteiger partial charge in [0.25, 0.3) is 0 Å². The standard InChI is InChI=1S/C31H47NO9/c1-4-6-9-15-28(33)40-26-18-17-23(20-27(26)41-29(34)16-10-7-5-2)19-25(32)30(35)38-22(3)21-37-31(36)39-24-13-11-8-12-14-24/h17-18,20,22,24-25H,4-16,19,21,32H2,1-3H3/t22-,25-/m0/s1. The van der Waals surface area contributed by atoms with Crippen molar-refractivity contribution < 1.29 is 42.9 Å². The van der Waals surface area contributed by atoms with E-state index in [0.29, 0.717) is 18.4 Å². The van der Waals surface area contributed by atoms with Gasteiger partial charge in [0.15, 0.2) is 11.5 Å². The Kier molecular flexibility index (Phi) is 15.8. The van der Waals surface area contributed by atoms with E-state index in [1.54, 1.807) is 19.1 Å². The molecule has 2 N–H and O–H groups in total. The van der Waals surface area contributed by atoms with Crippen molar-refractivity contribution in [3.8, 4) is 11.5 Å². The fraction of sp³-hybridized carbons (Fsp3) is 0.677. The maximum atomic E-state index is 12.6. The van der Waals surface area contributed by atoms with Crippen molar-refractivity contribution in [2.75, 3.05) is 6.61 Å². The molecule has 0 amide bonds. The van der Waals surface area contributed by atoms with Crippen molar-refractivity contribution in [3.05, 3.63) is 23.8 Å². The SMILES string of the molecule is CCCCCC(=O)Oc1ccc(C[C@H](N)C(=O)O[C@@H](C)COC(=O)OC2CCCCC2)cc1OC(=O)CCCCC. The van der Waals surface area contributed by atoms with Crippen molar-refractivity contribution in [2.24, 2.45) is 5.73 Å². The molecule has 1 saturated carbocycles. The summed E-state index contributed by atoms with van der Waals surface area (Å²) in [5, 5.41) is 0. The Morgan fingerprint density at radius 1 is 0.878 bits per heavy atom. The molecule has 0 unspecified atom stereocenters. The van der Waals surface area contributed by atoms with Crippen LogP contribution in [0.4, 0.5) is 4.79 Å². The molecule has 2 atom stereocenters. The van der Waals surface area contributed by atoms with Gasteiger partial charge in [0.1, 0.15) is 24.9 Å². The average Bonchev–Trinajstić information content (AvgIpc) is 2.94. The highest BCUT2D eigenvalue weighted by molar-refractivity contribution is 5.77.